The van der Waals surface area contributed by atoms with Crippen LogP contribution in [0.1, 0.15) is 66.4 Å². The second-order valence-corrected chi connectivity index (χ2v) is 13.1. The number of carbonyl (C=O) groups excluding carboxylic acids is 3. The Bertz CT molecular complexity index is 1190. The van der Waals surface area contributed by atoms with Crippen LogP contribution in [-0.2, 0) is 16.0 Å². The number of hydrogen-bond acceptors (Lipinski definition) is 5. The van der Waals surface area contributed by atoms with E-state index in [0.29, 0.717) is 37.3 Å². The molecular formula is C31H45F3N5O5-. The molecule has 2 saturated heterocycles. The molecule has 2 aliphatic rings. The number of benzene rings is 1. The van der Waals surface area contributed by atoms with Crippen LogP contribution in [0.2, 0.25) is 0 Å². The van der Waals surface area contributed by atoms with Gasteiger partial charge in [-0.3, -0.25) is 9.59 Å². The third kappa shape index (κ3) is 10.3. The summed E-state index contributed by atoms with van der Waals surface area (Å²) < 4.78 is 52.9. The van der Waals surface area contributed by atoms with E-state index in [1.54, 1.807) is 45.6 Å². The zero-order valence-electron chi connectivity index (χ0n) is 26.4. The number of amides is 4. The van der Waals surface area contributed by atoms with Crippen molar-refractivity contribution in [3.63, 3.8) is 0 Å². The number of halogens is 3. The number of nitrogens with zero attached hydrogens (tertiary/aromatic N) is 3. The zero-order valence-corrected chi connectivity index (χ0v) is 26.4. The lowest BCUT2D eigenvalue weighted by atomic mass is 9.84. The summed E-state index contributed by atoms with van der Waals surface area (Å²) in [7, 11) is 0. The van der Waals surface area contributed by atoms with E-state index in [0.717, 1.165) is 24.2 Å². The Hall–Kier alpha value is -3.51. The minimum absolute atomic E-state index is 0.0445. The van der Waals surface area contributed by atoms with Gasteiger partial charge in [-0.2, -0.15) is 0 Å². The number of piperidine rings is 1. The molecule has 10 nitrogen and oxygen atoms in total. The van der Waals surface area contributed by atoms with E-state index in [1.165, 1.54) is 12.1 Å². The minimum atomic E-state index is -2.99. The molecule has 1 aromatic carbocycles. The number of rotatable bonds is 10. The predicted octanol–water partition coefficient (Wildman–Crippen LogP) is 5.19. The minimum Gasteiger partial charge on any atom is -0.493 e. The zero-order chi connectivity index (χ0) is 32.8. The normalized spacial score (nSPS) is 18.2. The van der Waals surface area contributed by atoms with Crippen molar-refractivity contribution < 1.29 is 37.0 Å². The van der Waals surface area contributed by atoms with Crippen molar-refractivity contribution in [2.24, 2.45) is 17.8 Å². The van der Waals surface area contributed by atoms with Crippen LogP contribution >= 0.6 is 0 Å². The number of urea groups is 1. The number of amidine groups is 1. The van der Waals surface area contributed by atoms with Gasteiger partial charge in [-0.1, -0.05) is 32.7 Å². The Balaban J connectivity index is 1.50. The van der Waals surface area contributed by atoms with Crippen molar-refractivity contribution in [2.75, 3.05) is 32.8 Å². The highest BCUT2D eigenvalue weighted by Crippen LogP contribution is 2.29. The summed E-state index contributed by atoms with van der Waals surface area (Å²) in [6.07, 6.45) is 1.21. The topological polar surface area (TPSA) is 123 Å². The number of alkyl halides is 2. The summed E-state index contributed by atoms with van der Waals surface area (Å²) in [6.45, 7) is 10.6. The number of hydrogen-bond donors (Lipinski definition) is 2. The van der Waals surface area contributed by atoms with Crippen LogP contribution in [0.15, 0.2) is 18.2 Å². The summed E-state index contributed by atoms with van der Waals surface area (Å²) in [5.41, 5.74) is -0.740. The summed E-state index contributed by atoms with van der Waals surface area (Å²) in [5.74, 6) is -3.58. The van der Waals surface area contributed by atoms with Gasteiger partial charge in [-0.15, -0.1) is 0 Å². The summed E-state index contributed by atoms with van der Waals surface area (Å²) in [4.78, 5) is 40.2. The second kappa shape index (κ2) is 14.5. The van der Waals surface area contributed by atoms with Gasteiger partial charge < -0.3 is 35.3 Å². The highest BCUT2D eigenvalue weighted by Gasteiger charge is 2.48. The lowest BCUT2D eigenvalue weighted by molar-refractivity contribution is -0.167. The largest absolute Gasteiger partial charge is 0.493 e. The van der Waals surface area contributed by atoms with Crippen LogP contribution in [-0.4, -0.2) is 84.0 Å². The third-order valence-electron chi connectivity index (χ3n) is 7.85. The van der Waals surface area contributed by atoms with E-state index in [9.17, 15) is 28.6 Å². The van der Waals surface area contributed by atoms with Crippen molar-refractivity contribution in [3.05, 3.63) is 35.0 Å². The van der Waals surface area contributed by atoms with Crippen LogP contribution < -0.4 is 15.4 Å². The standard InChI is InChI=1S/C31H45F3N5O5/c1-19(2)26(35)37-28(41)38-12-9-21(10-13-38)20(3)11-14-43-23-8-7-22(24(32)16-23)15-25(36-29(42)44-30(4,5)6)27(40)39-17-31(33,34)18-39/h7-8,16,19-21,25H,9-15,17-18H2,1-6H3,(H2-,35,36,37,41,42)/q-1/t20-,25+/m1/s1. The molecule has 0 radical (unpaired) electrons. The first-order valence-electron chi connectivity index (χ1n) is 15.1. The SMILES string of the molecule is CC(C)C(=[N-])NC(=O)N1CCC([C@H](C)CCOc2ccc(C[C@H](NC(=O)OC(C)(C)C)C(=O)N3CC(F)(F)C3)c(F)c2)CC1. The van der Waals surface area contributed by atoms with Gasteiger partial charge in [0.25, 0.3) is 5.92 Å². The Morgan fingerprint density at radius 1 is 1.09 bits per heavy atom. The number of nitrogens with one attached hydrogen (secondary N) is 2. The molecule has 0 aromatic heterocycles. The van der Waals surface area contributed by atoms with Gasteiger partial charge >= 0.3 is 6.09 Å². The summed E-state index contributed by atoms with van der Waals surface area (Å²) >= 11 is 0. The highest BCUT2D eigenvalue weighted by atomic mass is 19.3. The van der Waals surface area contributed by atoms with E-state index in [-0.39, 0.29) is 29.8 Å². The summed E-state index contributed by atoms with van der Waals surface area (Å²) in [5, 5.41) is 14.8. The number of ether oxygens (including phenoxy) is 2. The molecular weight excluding hydrogens is 579 g/mol. The Labute approximate surface area is 257 Å². The lowest BCUT2D eigenvalue weighted by Crippen LogP contribution is -2.63. The van der Waals surface area contributed by atoms with E-state index in [1.807, 2.05) is 0 Å². The van der Waals surface area contributed by atoms with E-state index < -0.39 is 48.5 Å². The van der Waals surface area contributed by atoms with Gasteiger partial charge in [-0.25, -0.2) is 18.0 Å². The maximum Gasteiger partial charge on any atom is 0.408 e. The van der Waals surface area contributed by atoms with Crippen LogP contribution in [0.4, 0.5) is 22.8 Å². The van der Waals surface area contributed by atoms with Gasteiger partial charge in [0.15, 0.2) is 0 Å². The molecule has 1 aromatic rings. The molecule has 0 saturated carbocycles. The number of alkyl carbamates (subject to hydrolysis) is 1. The van der Waals surface area contributed by atoms with Crippen molar-refractivity contribution in [1.82, 2.24) is 20.4 Å². The number of likely N-dealkylation sites (tertiary alicyclic amines) is 2. The Morgan fingerprint density at radius 2 is 1.73 bits per heavy atom. The molecule has 2 aliphatic heterocycles. The van der Waals surface area contributed by atoms with Gasteiger partial charge in [0, 0.05) is 25.6 Å². The molecule has 0 spiro atoms. The molecule has 4 amide bonds. The average molecular weight is 625 g/mol. The van der Waals surface area contributed by atoms with Gasteiger partial charge in [0.1, 0.15) is 23.2 Å². The highest BCUT2D eigenvalue weighted by molar-refractivity contribution is 6.00. The fraction of sp³-hybridized carbons (Fsp3) is 0.677. The third-order valence-corrected chi connectivity index (χ3v) is 7.85. The van der Waals surface area contributed by atoms with E-state index in [4.69, 9.17) is 9.47 Å². The van der Waals surface area contributed by atoms with Gasteiger partial charge in [-0.05, 0) is 69.4 Å². The first-order valence-corrected chi connectivity index (χ1v) is 15.1. The summed E-state index contributed by atoms with van der Waals surface area (Å²) in [6, 6.07) is 2.63. The molecule has 2 atom stereocenters. The molecule has 0 aliphatic carbocycles. The average Bonchev–Trinajstić information content (AvgIpc) is 2.91. The molecule has 2 N–H and O–H groups in total. The molecule has 3 rings (SSSR count). The molecule has 13 heteroatoms. The smallest absolute Gasteiger partial charge is 0.408 e. The monoisotopic (exact) mass is 624 g/mol. The van der Waals surface area contributed by atoms with E-state index in [2.05, 4.69) is 17.6 Å². The second-order valence-electron chi connectivity index (χ2n) is 13.1. The Morgan fingerprint density at radius 3 is 2.27 bits per heavy atom. The number of carbonyl (C=O) groups is 3. The lowest BCUT2D eigenvalue weighted by Gasteiger charge is -2.40. The van der Waals surface area contributed by atoms with Crippen molar-refractivity contribution >= 4 is 23.9 Å². The quantitative estimate of drug-likeness (QED) is 0.274. The van der Waals surface area contributed by atoms with Crippen LogP contribution in [0, 0.1) is 23.6 Å². The van der Waals surface area contributed by atoms with Crippen LogP contribution in [0.25, 0.3) is 5.41 Å². The first kappa shape index (κ1) is 35.0. The molecule has 44 heavy (non-hydrogen) atoms. The van der Waals surface area contributed by atoms with Crippen LogP contribution in [0.5, 0.6) is 5.75 Å². The van der Waals surface area contributed by atoms with Crippen molar-refractivity contribution in [1.29, 1.82) is 0 Å². The van der Waals surface area contributed by atoms with Crippen LogP contribution in [0.3, 0.4) is 0 Å². The molecule has 2 fully saturated rings. The van der Waals surface area contributed by atoms with Crippen molar-refractivity contribution in [3.8, 4) is 5.75 Å². The molecule has 246 valence electrons. The predicted molar refractivity (Wildman–Crippen MR) is 160 cm³/mol. The molecule has 0 bridgehead atoms. The Kier molecular flexibility index (Phi) is 11.5. The molecule has 0 unspecified atom stereocenters. The maximum atomic E-state index is 15.1. The van der Waals surface area contributed by atoms with E-state index >= 15 is 4.39 Å². The fourth-order valence-electron chi connectivity index (χ4n) is 5.14. The maximum absolute atomic E-state index is 15.1. The van der Waals surface area contributed by atoms with Gasteiger partial charge in [0.05, 0.1) is 19.7 Å². The van der Waals surface area contributed by atoms with Crippen molar-refractivity contribution in [2.45, 2.75) is 84.8 Å². The first-order chi connectivity index (χ1) is 20.4. The molecule has 2 heterocycles. The van der Waals surface area contributed by atoms with Gasteiger partial charge in [0.2, 0.25) is 11.9 Å². The fourth-order valence-corrected chi connectivity index (χ4v) is 5.14.